The first-order valence-corrected chi connectivity index (χ1v) is 6.87. The smallest absolute Gasteiger partial charge is 0.215 e. The number of hydrogen-bond donors (Lipinski definition) is 2. The van der Waals surface area contributed by atoms with Crippen LogP contribution in [0.2, 0.25) is 0 Å². The molecule has 5 nitrogen and oxygen atoms in total. The van der Waals surface area contributed by atoms with E-state index in [0.29, 0.717) is 12.5 Å². The summed E-state index contributed by atoms with van der Waals surface area (Å²) < 4.78 is 31.0. The first-order chi connectivity index (χ1) is 7.06. The van der Waals surface area contributed by atoms with Crippen LogP contribution in [0.5, 0.6) is 0 Å². The number of hydrogen-bond acceptors (Lipinski definition) is 4. The number of nitrogens with one attached hydrogen (secondary N) is 1. The highest BCUT2D eigenvalue weighted by Crippen LogP contribution is 2.13. The number of nitrogens with two attached hydrogens (primary N) is 1. The van der Waals surface area contributed by atoms with Crippen LogP contribution in [0.4, 0.5) is 0 Å². The van der Waals surface area contributed by atoms with Crippen LogP contribution >= 0.6 is 0 Å². The van der Waals surface area contributed by atoms with Gasteiger partial charge in [0.05, 0.1) is 5.25 Å². The molecule has 1 rings (SSSR count). The molecule has 90 valence electrons. The molecule has 0 bridgehead atoms. The van der Waals surface area contributed by atoms with Gasteiger partial charge in [0.25, 0.3) is 0 Å². The van der Waals surface area contributed by atoms with Crippen LogP contribution in [0, 0.1) is 5.92 Å². The van der Waals surface area contributed by atoms with E-state index in [1.807, 2.05) is 0 Å². The largest absolute Gasteiger partial charge is 0.381 e. The van der Waals surface area contributed by atoms with Gasteiger partial charge in [0, 0.05) is 26.3 Å². The third-order valence-corrected chi connectivity index (χ3v) is 4.60. The van der Waals surface area contributed by atoms with Crippen molar-refractivity contribution in [1.82, 2.24) is 4.72 Å². The molecule has 3 N–H and O–H groups in total. The molecule has 1 atom stereocenters. The van der Waals surface area contributed by atoms with Crippen LogP contribution in [0.1, 0.15) is 19.8 Å². The molecule has 1 saturated heterocycles. The molecular weight excluding hydrogens is 216 g/mol. The molecule has 6 heteroatoms. The van der Waals surface area contributed by atoms with Crippen molar-refractivity contribution in [3.63, 3.8) is 0 Å². The molecule has 1 heterocycles. The average molecular weight is 236 g/mol. The van der Waals surface area contributed by atoms with Crippen LogP contribution in [0.3, 0.4) is 0 Å². The van der Waals surface area contributed by atoms with E-state index < -0.39 is 15.3 Å². The van der Waals surface area contributed by atoms with Crippen molar-refractivity contribution in [2.75, 3.05) is 26.3 Å². The van der Waals surface area contributed by atoms with Gasteiger partial charge in [0.15, 0.2) is 0 Å². The summed E-state index contributed by atoms with van der Waals surface area (Å²) in [6, 6.07) is 0. The molecule has 1 unspecified atom stereocenters. The maximum Gasteiger partial charge on any atom is 0.215 e. The van der Waals surface area contributed by atoms with Gasteiger partial charge in [-0.25, -0.2) is 13.1 Å². The Labute approximate surface area is 91.4 Å². The summed E-state index contributed by atoms with van der Waals surface area (Å²) in [5.74, 6) is 0.401. The fraction of sp³-hybridized carbons (Fsp3) is 1.00. The Kier molecular flexibility index (Phi) is 4.98. The molecule has 0 aromatic rings. The second-order valence-electron chi connectivity index (χ2n) is 4.00. The van der Waals surface area contributed by atoms with E-state index in [-0.39, 0.29) is 6.54 Å². The zero-order valence-electron chi connectivity index (χ0n) is 9.11. The Morgan fingerprint density at radius 3 is 2.60 bits per heavy atom. The molecule has 1 fully saturated rings. The molecule has 0 aromatic carbocycles. The maximum absolute atomic E-state index is 11.6. The second kappa shape index (κ2) is 5.79. The monoisotopic (exact) mass is 236 g/mol. The zero-order valence-corrected chi connectivity index (χ0v) is 9.92. The van der Waals surface area contributed by atoms with Crippen LogP contribution in [-0.4, -0.2) is 40.0 Å². The molecule has 0 saturated carbocycles. The summed E-state index contributed by atoms with van der Waals surface area (Å²) in [6.45, 7) is 3.75. The molecule has 0 aliphatic carbocycles. The Morgan fingerprint density at radius 1 is 1.47 bits per heavy atom. The molecule has 1 aliphatic rings. The third kappa shape index (κ3) is 4.06. The fourth-order valence-corrected chi connectivity index (χ4v) is 2.46. The topological polar surface area (TPSA) is 81.4 Å². The van der Waals surface area contributed by atoms with E-state index in [1.54, 1.807) is 6.92 Å². The van der Waals surface area contributed by atoms with Gasteiger partial charge in [0.1, 0.15) is 0 Å². The van der Waals surface area contributed by atoms with Gasteiger partial charge in [-0.1, -0.05) is 0 Å². The molecule has 15 heavy (non-hydrogen) atoms. The lowest BCUT2D eigenvalue weighted by molar-refractivity contribution is 0.0678. The van der Waals surface area contributed by atoms with Gasteiger partial charge in [-0.15, -0.1) is 0 Å². The minimum atomic E-state index is -3.23. The summed E-state index contributed by atoms with van der Waals surface area (Å²) in [6.07, 6.45) is 1.86. The minimum Gasteiger partial charge on any atom is -0.381 e. The number of sulfonamides is 1. The van der Waals surface area contributed by atoms with Gasteiger partial charge in [-0.3, -0.25) is 0 Å². The first-order valence-electron chi connectivity index (χ1n) is 5.32. The van der Waals surface area contributed by atoms with Gasteiger partial charge in [-0.2, -0.15) is 0 Å². The molecule has 0 aromatic heterocycles. The van der Waals surface area contributed by atoms with E-state index in [9.17, 15) is 8.42 Å². The molecule has 0 radical (unpaired) electrons. The van der Waals surface area contributed by atoms with Crippen LogP contribution in [-0.2, 0) is 14.8 Å². The van der Waals surface area contributed by atoms with E-state index in [4.69, 9.17) is 10.5 Å². The van der Waals surface area contributed by atoms with E-state index in [2.05, 4.69) is 4.72 Å². The Morgan fingerprint density at radius 2 is 2.07 bits per heavy atom. The highest BCUT2D eigenvalue weighted by molar-refractivity contribution is 7.90. The Bertz CT molecular complexity index is 273. The SMILES string of the molecule is CC(CN)S(=O)(=O)NCC1CCOCC1. The highest BCUT2D eigenvalue weighted by atomic mass is 32.2. The number of rotatable bonds is 5. The van der Waals surface area contributed by atoms with Gasteiger partial charge >= 0.3 is 0 Å². The summed E-state index contributed by atoms with van der Waals surface area (Å²) >= 11 is 0. The summed E-state index contributed by atoms with van der Waals surface area (Å²) in [5.41, 5.74) is 5.33. The van der Waals surface area contributed by atoms with Crippen LogP contribution < -0.4 is 10.5 Å². The fourth-order valence-electron chi connectivity index (χ4n) is 1.45. The average Bonchev–Trinajstić information content (AvgIpc) is 2.27. The lowest BCUT2D eigenvalue weighted by Gasteiger charge is -2.22. The Hall–Kier alpha value is -0.170. The predicted octanol–water partition coefficient (Wildman–Crippen LogP) is -0.320. The molecule has 0 amide bonds. The summed E-state index contributed by atoms with van der Waals surface area (Å²) in [5, 5.41) is -0.516. The first kappa shape index (κ1) is 12.9. The van der Waals surface area contributed by atoms with Gasteiger partial charge < -0.3 is 10.5 Å². The van der Waals surface area contributed by atoms with Crippen molar-refractivity contribution >= 4 is 10.0 Å². The van der Waals surface area contributed by atoms with E-state index in [0.717, 1.165) is 26.1 Å². The lowest BCUT2D eigenvalue weighted by Crippen LogP contribution is -2.40. The zero-order chi connectivity index (χ0) is 11.3. The maximum atomic E-state index is 11.6. The Balaban J connectivity index is 2.35. The van der Waals surface area contributed by atoms with Crippen molar-refractivity contribution in [2.45, 2.75) is 25.0 Å². The van der Waals surface area contributed by atoms with E-state index in [1.165, 1.54) is 0 Å². The molecule has 0 spiro atoms. The van der Waals surface area contributed by atoms with E-state index >= 15 is 0 Å². The van der Waals surface area contributed by atoms with Gasteiger partial charge in [-0.05, 0) is 25.7 Å². The third-order valence-electron chi connectivity index (χ3n) is 2.78. The number of ether oxygens (including phenoxy) is 1. The van der Waals surface area contributed by atoms with Crippen LogP contribution in [0.25, 0.3) is 0 Å². The lowest BCUT2D eigenvalue weighted by atomic mass is 10.0. The van der Waals surface area contributed by atoms with Crippen molar-refractivity contribution in [3.8, 4) is 0 Å². The predicted molar refractivity (Wildman–Crippen MR) is 59.0 cm³/mol. The van der Waals surface area contributed by atoms with Gasteiger partial charge in [0.2, 0.25) is 10.0 Å². The second-order valence-corrected chi connectivity index (χ2v) is 6.18. The highest BCUT2D eigenvalue weighted by Gasteiger charge is 2.21. The molecule has 1 aliphatic heterocycles. The summed E-state index contributed by atoms with van der Waals surface area (Å²) in [4.78, 5) is 0. The normalized spacial score (nSPS) is 21.5. The van der Waals surface area contributed by atoms with Crippen molar-refractivity contribution < 1.29 is 13.2 Å². The van der Waals surface area contributed by atoms with Crippen molar-refractivity contribution in [3.05, 3.63) is 0 Å². The van der Waals surface area contributed by atoms with Crippen LogP contribution in [0.15, 0.2) is 0 Å². The summed E-state index contributed by atoms with van der Waals surface area (Å²) in [7, 11) is -3.23. The van der Waals surface area contributed by atoms with Crippen molar-refractivity contribution in [2.24, 2.45) is 11.7 Å². The quantitative estimate of drug-likeness (QED) is 0.685. The van der Waals surface area contributed by atoms with Crippen molar-refractivity contribution in [1.29, 1.82) is 0 Å². The molecular formula is C9H20N2O3S. The minimum absolute atomic E-state index is 0.156. The standard InChI is InChI=1S/C9H20N2O3S/c1-8(6-10)15(12,13)11-7-9-2-4-14-5-3-9/h8-9,11H,2-7,10H2,1H3.